The van der Waals surface area contributed by atoms with Gasteiger partial charge in [-0.1, -0.05) is 0 Å². The van der Waals surface area contributed by atoms with Crippen molar-refractivity contribution < 1.29 is 4.79 Å². The van der Waals surface area contributed by atoms with Gasteiger partial charge in [0.05, 0.1) is 0 Å². The first-order valence-electron chi connectivity index (χ1n) is 6.42. The van der Waals surface area contributed by atoms with Crippen LogP contribution in [-0.4, -0.2) is 17.3 Å². The van der Waals surface area contributed by atoms with Gasteiger partial charge in [0.25, 0.3) is 0 Å². The average Bonchev–Trinajstić information content (AvgIpc) is 2.10. The Morgan fingerprint density at radius 3 is 2.44 bits per heavy atom. The topological polar surface area (TPSA) is 29.1 Å². The summed E-state index contributed by atoms with van der Waals surface area (Å²) in [6.07, 6.45) is 7.52. The van der Waals surface area contributed by atoms with Crippen LogP contribution >= 0.6 is 11.6 Å². The predicted molar refractivity (Wildman–Crippen MR) is 64.4 cm³/mol. The molecule has 3 heteroatoms. The first-order chi connectivity index (χ1) is 7.49. The maximum Gasteiger partial charge on any atom is 0.216 e. The Kier molecular flexibility index (Phi) is 2.30. The van der Waals surface area contributed by atoms with E-state index in [9.17, 15) is 4.79 Å². The summed E-state index contributed by atoms with van der Waals surface area (Å²) in [5, 5.41) is 3.02. The van der Waals surface area contributed by atoms with Crippen molar-refractivity contribution in [2.45, 2.75) is 50.3 Å². The third-order valence-corrected chi connectivity index (χ3v) is 5.27. The summed E-state index contributed by atoms with van der Waals surface area (Å²) in [6, 6.07) is 0. The molecule has 16 heavy (non-hydrogen) atoms. The third kappa shape index (κ3) is 1.75. The van der Waals surface area contributed by atoms with E-state index in [2.05, 4.69) is 5.32 Å². The van der Waals surface area contributed by atoms with Crippen molar-refractivity contribution >= 4 is 17.5 Å². The van der Waals surface area contributed by atoms with E-state index in [1.807, 2.05) is 0 Å². The summed E-state index contributed by atoms with van der Waals surface area (Å²) >= 11 is 6.72. The number of nitrogens with one attached hydrogen (secondary N) is 1. The summed E-state index contributed by atoms with van der Waals surface area (Å²) in [4.78, 5) is 11.1. The molecule has 1 N–H and O–H groups in total. The molecule has 1 amide bonds. The van der Waals surface area contributed by atoms with Crippen LogP contribution in [0.4, 0.5) is 0 Å². The van der Waals surface area contributed by atoms with Crippen molar-refractivity contribution in [3.8, 4) is 0 Å². The number of alkyl halides is 1. The normalized spacial score (nSPS) is 49.4. The van der Waals surface area contributed by atoms with Crippen LogP contribution < -0.4 is 5.32 Å². The van der Waals surface area contributed by atoms with E-state index in [4.69, 9.17) is 11.6 Å². The standard InChI is InChI=1S/C13H20ClNO/c1-9(16)15-8-12-3-10-2-11(4-12)6-13(14,5-10)7-12/h10-11H,2-8H2,1H3,(H,15,16)/t10-,11-,12?,13?/m1/s1. The lowest BCUT2D eigenvalue weighted by Crippen LogP contribution is -2.56. The Labute approximate surface area is 102 Å². The monoisotopic (exact) mass is 241 g/mol. The third-order valence-electron chi connectivity index (χ3n) is 4.82. The highest BCUT2D eigenvalue weighted by molar-refractivity contribution is 6.24. The second kappa shape index (κ2) is 3.38. The molecule has 4 bridgehead atoms. The van der Waals surface area contributed by atoms with E-state index in [1.165, 1.54) is 32.1 Å². The molecule has 0 aromatic carbocycles. The van der Waals surface area contributed by atoms with Gasteiger partial charge < -0.3 is 5.32 Å². The van der Waals surface area contributed by atoms with Crippen molar-refractivity contribution in [1.29, 1.82) is 0 Å². The molecule has 4 saturated carbocycles. The van der Waals surface area contributed by atoms with Gasteiger partial charge in [-0.3, -0.25) is 4.79 Å². The molecule has 0 unspecified atom stereocenters. The van der Waals surface area contributed by atoms with Crippen LogP contribution in [0.25, 0.3) is 0 Å². The lowest BCUT2D eigenvalue weighted by Gasteiger charge is -2.60. The molecule has 0 aromatic heterocycles. The van der Waals surface area contributed by atoms with Gasteiger partial charge in [0.15, 0.2) is 0 Å². The first kappa shape index (κ1) is 10.9. The Bertz CT molecular complexity index is 314. The largest absolute Gasteiger partial charge is 0.356 e. The van der Waals surface area contributed by atoms with E-state index >= 15 is 0 Å². The smallest absolute Gasteiger partial charge is 0.216 e. The van der Waals surface area contributed by atoms with Gasteiger partial charge >= 0.3 is 0 Å². The molecule has 4 aliphatic rings. The van der Waals surface area contributed by atoms with Gasteiger partial charge in [0.2, 0.25) is 5.91 Å². The molecule has 0 aliphatic heterocycles. The minimum absolute atomic E-state index is 0.0720. The Morgan fingerprint density at radius 1 is 1.31 bits per heavy atom. The number of hydrogen-bond donors (Lipinski definition) is 1. The highest BCUT2D eigenvalue weighted by atomic mass is 35.5. The number of carbonyl (C=O) groups is 1. The van der Waals surface area contributed by atoms with Gasteiger partial charge in [-0.25, -0.2) is 0 Å². The maximum atomic E-state index is 11.1. The summed E-state index contributed by atoms with van der Waals surface area (Å²) in [6.45, 7) is 2.46. The number of halogens is 1. The molecule has 4 fully saturated rings. The molecule has 0 spiro atoms. The van der Waals surface area contributed by atoms with E-state index in [-0.39, 0.29) is 10.8 Å². The second-order valence-corrected chi connectivity index (χ2v) is 7.32. The molecule has 0 aromatic rings. The Balaban J connectivity index is 1.78. The Hall–Kier alpha value is -0.240. The zero-order chi connectivity index (χ0) is 11.4. The zero-order valence-electron chi connectivity index (χ0n) is 9.89. The summed E-state index contributed by atoms with van der Waals surface area (Å²) in [7, 11) is 0. The number of hydrogen-bond acceptors (Lipinski definition) is 1. The Morgan fingerprint density at radius 2 is 1.94 bits per heavy atom. The molecule has 2 nitrogen and oxygen atoms in total. The van der Waals surface area contributed by atoms with E-state index < -0.39 is 0 Å². The number of amides is 1. The van der Waals surface area contributed by atoms with Gasteiger partial charge in [-0.2, -0.15) is 0 Å². The van der Waals surface area contributed by atoms with Gasteiger partial charge in [0, 0.05) is 18.3 Å². The lowest BCUT2D eigenvalue weighted by molar-refractivity contribution is -0.120. The highest BCUT2D eigenvalue weighted by Crippen LogP contribution is 2.63. The van der Waals surface area contributed by atoms with Crippen molar-refractivity contribution in [2.24, 2.45) is 17.3 Å². The molecule has 4 rings (SSSR count). The summed E-state index contributed by atoms with van der Waals surface area (Å²) < 4.78 is 0. The zero-order valence-corrected chi connectivity index (χ0v) is 10.6. The second-order valence-electron chi connectivity index (χ2n) is 6.52. The maximum absolute atomic E-state index is 11.1. The molecule has 2 atom stereocenters. The van der Waals surface area contributed by atoms with Crippen LogP contribution in [0.3, 0.4) is 0 Å². The van der Waals surface area contributed by atoms with Crippen molar-refractivity contribution in [3.63, 3.8) is 0 Å². The minimum atomic E-state index is 0.0720. The van der Waals surface area contributed by atoms with Gasteiger partial charge in [0.1, 0.15) is 0 Å². The van der Waals surface area contributed by atoms with E-state index in [0.717, 1.165) is 24.8 Å². The summed E-state index contributed by atoms with van der Waals surface area (Å²) in [5.41, 5.74) is 0.331. The fourth-order valence-electron chi connectivity index (χ4n) is 4.85. The SMILES string of the molecule is CC(=O)NCC12C[C@H]3C[C@@H](CC(Cl)(C3)C1)C2. The number of rotatable bonds is 2. The van der Waals surface area contributed by atoms with E-state index in [0.29, 0.717) is 5.41 Å². The van der Waals surface area contributed by atoms with Crippen LogP contribution in [0.1, 0.15) is 45.4 Å². The first-order valence-corrected chi connectivity index (χ1v) is 6.80. The van der Waals surface area contributed by atoms with E-state index in [1.54, 1.807) is 6.92 Å². The molecule has 0 heterocycles. The molecule has 90 valence electrons. The highest BCUT2D eigenvalue weighted by Gasteiger charge is 2.56. The van der Waals surface area contributed by atoms with Crippen LogP contribution in [0, 0.1) is 17.3 Å². The van der Waals surface area contributed by atoms with Crippen molar-refractivity contribution in [2.75, 3.05) is 6.54 Å². The van der Waals surface area contributed by atoms with Gasteiger partial charge in [-0.15, -0.1) is 11.6 Å². The van der Waals surface area contributed by atoms with Crippen LogP contribution in [0.2, 0.25) is 0 Å². The molecule has 4 aliphatic carbocycles. The molecule has 0 radical (unpaired) electrons. The molecule has 0 saturated heterocycles. The fourth-order valence-corrected chi connectivity index (χ4v) is 5.57. The minimum Gasteiger partial charge on any atom is -0.356 e. The van der Waals surface area contributed by atoms with Crippen LogP contribution in [0.5, 0.6) is 0 Å². The number of carbonyl (C=O) groups excluding carboxylic acids is 1. The van der Waals surface area contributed by atoms with Crippen LogP contribution in [0.15, 0.2) is 0 Å². The molecular formula is C13H20ClNO. The van der Waals surface area contributed by atoms with Crippen molar-refractivity contribution in [3.05, 3.63) is 0 Å². The molecular weight excluding hydrogens is 222 g/mol. The average molecular weight is 242 g/mol. The summed E-state index contributed by atoms with van der Waals surface area (Å²) in [5.74, 6) is 1.75. The predicted octanol–water partition coefficient (Wildman–Crippen LogP) is 2.70. The van der Waals surface area contributed by atoms with Crippen molar-refractivity contribution in [1.82, 2.24) is 5.32 Å². The van der Waals surface area contributed by atoms with Crippen LogP contribution in [-0.2, 0) is 4.79 Å². The van der Waals surface area contributed by atoms with Gasteiger partial charge in [-0.05, 0) is 55.8 Å². The fraction of sp³-hybridized carbons (Fsp3) is 0.923. The lowest BCUT2D eigenvalue weighted by atomic mass is 9.49. The quantitative estimate of drug-likeness (QED) is 0.740.